The van der Waals surface area contributed by atoms with Crippen molar-refractivity contribution in [2.24, 2.45) is 0 Å². The highest BCUT2D eigenvalue weighted by Crippen LogP contribution is 2.51. The van der Waals surface area contributed by atoms with Gasteiger partial charge in [0.1, 0.15) is 9.75 Å². The molecule has 1 aromatic rings. The molecule has 0 bridgehead atoms. The second-order valence-electron chi connectivity index (χ2n) is 1.82. The van der Waals surface area contributed by atoms with Gasteiger partial charge in [0.15, 0.2) is 0 Å². The van der Waals surface area contributed by atoms with E-state index in [1.807, 2.05) is 0 Å². The molecule has 70 valence electrons. The molecule has 0 aliphatic heterocycles. The molecule has 0 nitrogen and oxygen atoms in total. The second-order valence-corrected chi connectivity index (χ2v) is 4.92. The van der Waals surface area contributed by atoms with Gasteiger partial charge in [-0.1, -0.05) is 20.7 Å². The van der Waals surface area contributed by atoms with E-state index in [1.165, 1.54) is 0 Å². The van der Waals surface area contributed by atoms with Gasteiger partial charge in [-0.25, -0.2) is 0 Å². The molecule has 0 N–H and O–H groups in total. The normalized spacial score (nSPS) is 13.8. The van der Waals surface area contributed by atoms with Crippen molar-refractivity contribution >= 4 is 43.9 Å². The summed E-state index contributed by atoms with van der Waals surface area (Å²) in [7, 11) is 0.994. The van der Waals surface area contributed by atoms with Crippen molar-refractivity contribution in [3.05, 3.63) is 9.75 Å². The molecule has 0 unspecified atom stereocenters. The minimum absolute atomic E-state index is 0.497. The van der Waals surface area contributed by atoms with Gasteiger partial charge in [0.05, 0.1) is 0 Å². The molecule has 0 radical (unpaired) electrons. The third kappa shape index (κ3) is 2.04. The van der Waals surface area contributed by atoms with E-state index >= 15 is 0 Å². The Morgan fingerprint density at radius 2 is 1.08 bits per heavy atom. The smallest absolute Gasteiger partial charge is 0.182 e. The Kier molecular flexibility index (Phi) is 2.65. The van der Waals surface area contributed by atoms with Crippen molar-refractivity contribution in [1.29, 1.82) is 0 Å². The molecular formula is C4Cl2F4S2. The van der Waals surface area contributed by atoms with Crippen LogP contribution in [0.15, 0.2) is 0 Å². The largest absolute Gasteiger partial charge is 0.359 e. The van der Waals surface area contributed by atoms with E-state index in [4.69, 9.17) is 0 Å². The molecule has 0 aromatic carbocycles. The summed E-state index contributed by atoms with van der Waals surface area (Å²) in [4.78, 5) is -1.73. The summed E-state index contributed by atoms with van der Waals surface area (Å²) in [6.07, 6.45) is 0. The van der Waals surface area contributed by atoms with Crippen molar-refractivity contribution in [2.45, 2.75) is 10.8 Å². The van der Waals surface area contributed by atoms with E-state index in [2.05, 4.69) is 23.2 Å². The number of halogens is 6. The first-order valence-electron chi connectivity index (χ1n) is 2.46. The van der Waals surface area contributed by atoms with Crippen LogP contribution in [0.25, 0.3) is 0 Å². The van der Waals surface area contributed by atoms with Crippen LogP contribution in [-0.4, -0.2) is 0 Å². The summed E-state index contributed by atoms with van der Waals surface area (Å²) >= 11 is 9.04. The topological polar surface area (TPSA) is 0 Å². The van der Waals surface area contributed by atoms with Crippen LogP contribution in [0, 0.1) is 0 Å². The van der Waals surface area contributed by atoms with E-state index in [9.17, 15) is 17.6 Å². The van der Waals surface area contributed by atoms with Gasteiger partial charge in [-0.05, 0) is 23.2 Å². The molecule has 0 atom stereocenters. The Balaban J connectivity index is 2.96. The molecule has 0 spiro atoms. The van der Waals surface area contributed by atoms with Crippen molar-refractivity contribution in [1.82, 2.24) is 0 Å². The van der Waals surface area contributed by atoms with Gasteiger partial charge in [0, 0.05) is 0 Å². The number of alkyl halides is 6. The van der Waals surface area contributed by atoms with Crippen molar-refractivity contribution < 1.29 is 17.6 Å². The fraction of sp³-hybridized carbons (Fsp3) is 0.500. The number of hydrogen-bond acceptors (Lipinski definition) is 2. The Labute approximate surface area is 82.1 Å². The Bertz CT molecular complexity index is 240. The summed E-state index contributed by atoms with van der Waals surface area (Å²) in [6.45, 7) is 0. The maximum atomic E-state index is 12.2. The summed E-state index contributed by atoms with van der Waals surface area (Å²) in [5.74, 6) is 0. The molecule has 0 amide bonds. The minimum Gasteiger partial charge on any atom is -0.182 e. The van der Waals surface area contributed by atoms with E-state index in [-0.39, 0.29) is 0 Å². The molecule has 0 saturated heterocycles. The predicted octanol–water partition coefficient (Wildman–Crippen LogP) is 4.39. The molecule has 12 heavy (non-hydrogen) atoms. The summed E-state index contributed by atoms with van der Waals surface area (Å²) in [5, 5.41) is -7.49. The van der Waals surface area contributed by atoms with E-state index in [0.717, 1.165) is 0 Å². The van der Waals surface area contributed by atoms with Gasteiger partial charge >= 0.3 is 10.8 Å². The average molecular weight is 259 g/mol. The molecule has 1 heterocycles. The van der Waals surface area contributed by atoms with Crippen LogP contribution in [0.1, 0.15) is 9.75 Å². The van der Waals surface area contributed by atoms with Gasteiger partial charge < -0.3 is 0 Å². The highest BCUT2D eigenvalue weighted by Gasteiger charge is 2.44. The first-order chi connectivity index (χ1) is 5.23. The third-order valence-corrected chi connectivity index (χ3v) is 4.25. The Morgan fingerprint density at radius 1 is 0.833 bits per heavy atom. The first-order valence-corrected chi connectivity index (χ1v) is 5.36. The van der Waals surface area contributed by atoms with E-state index in [0.29, 0.717) is 20.7 Å². The lowest BCUT2D eigenvalue weighted by Gasteiger charge is -2.17. The summed E-state index contributed by atoms with van der Waals surface area (Å²) in [6, 6.07) is 0. The molecular weight excluding hydrogens is 259 g/mol. The van der Waals surface area contributed by atoms with Gasteiger partial charge in [0.25, 0.3) is 0 Å². The fourth-order valence-electron chi connectivity index (χ4n) is 0.477. The Morgan fingerprint density at radius 3 is 1.17 bits per heavy atom. The molecule has 0 fully saturated rings. The quantitative estimate of drug-likeness (QED) is 0.420. The highest BCUT2D eigenvalue weighted by molar-refractivity contribution is 7.72. The van der Waals surface area contributed by atoms with Crippen LogP contribution >= 0.6 is 43.9 Å². The highest BCUT2D eigenvalue weighted by atomic mass is 35.5. The average Bonchev–Trinajstić information content (AvgIpc) is 1.46. The van der Waals surface area contributed by atoms with E-state index < -0.39 is 20.5 Å². The first kappa shape index (κ1) is 10.6. The van der Waals surface area contributed by atoms with Crippen molar-refractivity contribution in [2.75, 3.05) is 0 Å². The Hall–Kier alpha value is 0.480. The zero-order valence-electron chi connectivity index (χ0n) is 5.08. The van der Waals surface area contributed by atoms with Gasteiger partial charge in [-0.3, -0.25) is 0 Å². The zero-order valence-corrected chi connectivity index (χ0v) is 8.23. The third-order valence-electron chi connectivity index (χ3n) is 0.929. The molecule has 8 heteroatoms. The lowest BCUT2D eigenvalue weighted by atomic mass is 10.4. The molecule has 1 aromatic heterocycles. The maximum Gasteiger partial charge on any atom is 0.359 e. The van der Waals surface area contributed by atoms with Crippen LogP contribution in [0.2, 0.25) is 0 Å². The fourth-order valence-corrected chi connectivity index (χ4v) is 3.36. The standard InChI is InChI=1S/C4Cl2F4S2/c5-3(7,8)1-2(12-11-1)4(6,9)10. The van der Waals surface area contributed by atoms with E-state index in [1.54, 1.807) is 0 Å². The van der Waals surface area contributed by atoms with Crippen LogP contribution in [-0.2, 0) is 10.8 Å². The van der Waals surface area contributed by atoms with Crippen LogP contribution in [0.5, 0.6) is 0 Å². The van der Waals surface area contributed by atoms with Crippen molar-refractivity contribution in [3.8, 4) is 0 Å². The minimum atomic E-state index is -3.75. The second kappa shape index (κ2) is 3.01. The molecule has 1 rings (SSSR count). The SMILES string of the molecule is FC(F)(Cl)c1ssc1C(F)(F)Cl. The number of rotatable bonds is 2. The van der Waals surface area contributed by atoms with Crippen molar-refractivity contribution in [3.63, 3.8) is 0 Å². The van der Waals surface area contributed by atoms with Gasteiger partial charge in [-0.15, -0.1) is 0 Å². The molecule has 0 saturated carbocycles. The van der Waals surface area contributed by atoms with Gasteiger partial charge in [0.2, 0.25) is 0 Å². The summed E-state index contributed by atoms with van der Waals surface area (Å²) in [5.41, 5.74) is 0. The summed E-state index contributed by atoms with van der Waals surface area (Å²) < 4.78 is 48.9. The number of hydrogen-bond donors (Lipinski definition) is 0. The molecule has 0 aliphatic carbocycles. The molecule has 0 aliphatic rings. The monoisotopic (exact) mass is 258 g/mol. The van der Waals surface area contributed by atoms with Gasteiger partial charge in [-0.2, -0.15) is 17.6 Å². The van der Waals surface area contributed by atoms with Crippen LogP contribution in [0.3, 0.4) is 0 Å². The van der Waals surface area contributed by atoms with Crippen LogP contribution in [0.4, 0.5) is 17.6 Å². The van der Waals surface area contributed by atoms with Crippen LogP contribution < -0.4 is 0 Å². The lowest BCUT2D eigenvalue weighted by Crippen LogP contribution is -2.13. The lowest BCUT2D eigenvalue weighted by molar-refractivity contribution is 0.0732. The predicted molar refractivity (Wildman–Crippen MR) is 41.7 cm³/mol. The maximum absolute atomic E-state index is 12.2. The zero-order chi connectivity index (χ0) is 9.57.